The summed E-state index contributed by atoms with van der Waals surface area (Å²) in [6.45, 7) is 0.905. The standard InChI is InChI=1S/C11H19NS.ClH/c12-7-10-2-8-1-9(3-10)5-11(13,4-8)6-10;/h8-9,13H,1-7,12H2;1H. The molecule has 0 aromatic rings. The van der Waals surface area contributed by atoms with Gasteiger partial charge in [0.2, 0.25) is 0 Å². The summed E-state index contributed by atoms with van der Waals surface area (Å²) in [5.41, 5.74) is 6.46. The highest BCUT2D eigenvalue weighted by Gasteiger charge is 2.55. The van der Waals surface area contributed by atoms with Gasteiger partial charge in [-0.2, -0.15) is 12.6 Å². The average Bonchev–Trinajstić information content (AvgIpc) is 1.99. The highest BCUT2D eigenvalue weighted by molar-refractivity contribution is 7.81. The minimum Gasteiger partial charge on any atom is -0.330 e. The van der Waals surface area contributed by atoms with E-state index in [1.165, 1.54) is 38.5 Å². The van der Waals surface area contributed by atoms with Crippen LogP contribution in [0.2, 0.25) is 0 Å². The van der Waals surface area contributed by atoms with Gasteiger partial charge in [-0.1, -0.05) is 0 Å². The first-order chi connectivity index (χ1) is 6.13. The van der Waals surface area contributed by atoms with Gasteiger partial charge in [0.1, 0.15) is 0 Å². The van der Waals surface area contributed by atoms with Crippen LogP contribution < -0.4 is 5.73 Å². The van der Waals surface area contributed by atoms with Crippen LogP contribution in [0.4, 0.5) is 0 Å². The Labute approximate surface area is 98.0 Å². The Hall–Kier alpha value is 0.600. The van der Waals surface area contributed by atoms with Crippen molar-refractivity contribution in [1.82, 2.24) is 0 Å². The van der Waals surface area contributed by atoms with Crippen LogP contribution in [-0.2, 0) is 0 Å². The fourth-order valence-corrected chi connectivity index (χ4v) is 5.49. The van der Waals surface area contributed by atoms with Gasteiger partial charge in [-0.3, -0.25) is 0 Å². The average molecular weight is 234 g/mol. The van der Waals surface area contributed by atoms with E-state index >= 15 is 0 Å². The smallest absolute Gasteiger partial charge is 0.0141 e. The number of rotatable bonds is 1. The molecular weight excluding hydrogens is 214 g/mol. The largest absolute Gasteiger partial charge is 0.330 e. The van der Waals surface area contributed by atoms with E-state index < -0.39 is 0 Å². The number of nitrogens with two attached hydrogens (primary N) is 1. The SMILES string of the molecule is Cl.NCC12CC3CC(CC(S)(C3)C1)C2. The Morgan fingerprint density at radius 3 is 2.14 bits per heavy atom. The third-order valence-corrected chi connectivity index (χ3v) is 5.11. The number of halogens is 1. The minimum absolute atomic E-state index is 0. The van der Waals surface area contributed by atoms with Crippen LogP contribution in [0.1, 0.15) is 38.5 Å². The van der Waals surface area contributed by atoms with Crippen LogP contribution in [-0.4, -0.2) is 11.3 Å². The zero-order chi connectivity index (χ0) is 9.10. The molecule has 1 nitrogen and oxygen atoms in total. The first kappa shape index (κ1) is 11.1. The maximum Gasteiger partial charge on any atom is 0.0141 e. The molecule has 0 heterocycles. The molecule has 2 N–H and O–H groups in total. The van der Waals surface area contributed by atoms with E-state index in [1.807, 2.05) is 0 Å². The van der Waals surface area contributed by atoms with E-state index in [4.69, 9.17) is 18.4 Å². The van der Waals surface area contributed by atoms with Gasteiger partial charge in [0.15, 0.2) is 0 Å². The van der Waals surface area contributed by atoms with Crippen molar-refractivity contribution in [1.29, 1.82) is 0 Å². The molecule has 0 amide bonds. The normalized spacial score (nSPS) is 54.4. The van der Waals surface area contributed by atoms with E-state index in [1.54, 1.807) is 0 Å². The molecule has 0 aromatic heterocycles. The molecule has 3 heteroatoms. The van der Waals surface area contributed by atoms with Crippen molar-refractivity contribution in [3.05, 3.63) is 0 Å². The summed E-state index contributed by atoms with van der Waals surface area (Å²) in [6.07, 6.45) is 8.32. The molecule has 0 radical (unpaired) electrons. The summed E-state index contributed by atoms with van der Waals surface area (Å²) in [4.78, 5) is 0. The van der Waals surface area contributed by atoms with Crippen LogP contribution >= 0.6 is 25.0 Å². The lowest BCUT2D eigenvalue weighted by Gasteiger charge is -2.60. The molecule has 4 saturated carbocycles. The monoisotopic (exact) mass is 233 g/mol. The summed E-state index contributed by atoms with van der Waals surface area (Å²) in [5, 5.41) is 0. The van der Waals surface area contributed by atoms with Gasteiger partial charge in [-0.15, -0.1) is 12.4 Å². The number of hydrogen-bond donors (Lipinski definition) is 2. The Balaban J connectivity index is 0.000000750. The lowest BCUT2D eigenvalue weighted by molar-refractivity contribution is -0.0305. The van der Waals surface area contributed by atoms with Gasteiger partial charge in [0, 0.05) is 4.75 Å². The van der Waals surface area contributed by atoms with Crippen LogP contribution in [0.25, 0.3) is 0 Å². The first-order valence-electron chi connectivity index (χ1n) is 5.56. The fraction of sp³-hybridized carbons (Fsp3) is 1.00. The lowest BCUT2D eigenvalue weighted by Crippen LogP contribution is -2.55. The van der Waals surface area contributed by atoms with Crippen molar-refractivity contribution in [2.75, 3.05) is 6.54 Å². The molecule has 4 fully saturated rings. The van der Waals surface area contributed by atoms with Gasteiger partial charge >= 0.3 is 0 Å². The third-order valence-electron chi connectivity index (χ3n) is 4.58. The quantitative estimate of drug-likeness (QED) is 0.670. The van der Waals surface area contributed by atoms with E-state index in [-0.39, 0.29) is 12.4 Å². The number of thiol groups is 1. The van der Waals surface area contributed by atoms with E-state index in [0.717, 1.165) is 18.4 Å². The Bertz CT molecular complexity index is 229. The second-order valence-electron chi connectivity index (χ2n) is 5.89. The molecule has 14 heavy (non-hydrogen) atoms. The fourth-order valence-electron chi connectivity index (χ4n) is 4.64. The van der Waals surface area contributed by atoms with Gasteiger partial charge in [0.25, 0.3) is 0 Å². The maximum atomic E-state index is 5.95. The summed E-state index contributed by atoms with van der Waals surface area (Å²) in [7, 11) is 0. The van der Waals surface area contributed by atoms with Crippen LogP contribution in [0.15, 0.2) is 0 Å². The second-order valence-corrected chi connectivity index (χ2v) is 6.84. The van der Waals surface area contributed by atoms with Crippen molar-refractivity contribution in [2.24, 2.45) is 23.0 Å². The number of hydrogen-bond acceptors (Lipinski definition) is 2. The first-order valence-corrected chi connectivity index (χ1v) is 6.00. The molecule has 4 aliphatic rings. The van der Waals surface area contributed by atoms with Gasteiger partial charge in [-0.25, -0.2) is 0 Å². The summed E-state index contributed by atoms with van der Waals surface area (Å²) >= 11 is 4.90. The molecule has 0 saturated heterocycles. The summed E-state index contributed by atoms with van der Waals surface area (Å²) in [6, 6.07) is 0. The predicted molar refractivity (Wildman–Crippen MR) is 65.1 cm³/mol. The van der Waals surface area contributed by atoms with Crippen LogP contribution in [0, 0.1) is 17.3 Å². The highest BCUT2D eigenvalue weighted by Crippen LogP contribution is 2.63. The highest BCUT2D eigenvalue weighted by atomic mass is 35.5. The zero-order valence-corrected chi connectivity index (χ0v) is 10.2. The minimum atomic E-state index is 0. The van der Waals surface area contributed by atoms with Crippen molar-refractivity contribution in [2.45, 2.75) is 43.3 Å². The van der Waals surface area contributed by atoms with Crippen LogP contribution in [0.5, 0.6) is 0 Å². The molecule has 0 aliphatic heterocycles. The predicted octanol–water partition coefficient (Wildman–Crippen LogP) is 2.64. The third kappa shape index (κ3) is 1.50. The molecule has 0 aromatic carbocycles. The Morgan fingerprint density at radius 1 is 1.14 bits per heavy atom. The maximum absolute atomic E-state index is 5.95. The van der Waals surface area contributed by atoms with Crippen molar-refractivity contribution in [3.8, 4) is 0 Å². The molecule has 82 valence electrons. The Kier molecular flexibility index (Phi) is 2.61. The van der Waals surface area contributed by atoms with Crippen LogP contribution in [0.3, 0.4) is 0 Å². The topological polar surface area (TPSA) is 26.0 Å². The Morgan fingerprint density at radius 2 is 1.71 bits per heavy atom. The summed E-state index contributed by atoms with van der Waals surface area (Å²) in [5.74, 6) is 1.92. The molecule has 2 unspecified atom stereocenters. The second kappa shape index (κ2) is 3.29. The van der Waals surface area contributed by atoms with Gasteiger partial charge < -0.3 is 5.73 Å². The van der Waals surface area contributed by atoms with Crippen molar-refractivity contribution in [3.63, 3.8) is 0 Å². The van der Waals surface area contributed by atoms with E-state index in [2.05, 4.69) is 0 Å². The van der Waals surface area contributed by atoms with Crippen molar-refractivity contribution < 1.29 is 0 Å². The van der Waals surface area contributed by atoms with Gasteiger partial charge in [0.05, 0.1) is 0 Å². The van der Waals surface area contributed by atoms with Gasteiger partial charge in [-0.05, 0) is 62.3 Å². The molecule has 4 rings (SSSR count). The molecule has 0 spiro atoms. The van der Waals surface area contributed by atoms with Crippen molar-refractivity contribution >= 4 is 25.0 Å². The van der Waals surface area contributed by atoms with E-state index in [0.29, 0.717) is 10.2 Å². The molecular formula is C11H20ClNS. The zero-order valence-electron chi connectivity index (χ0n) is 8.54. The lowest BCUT2D eigenvalue weighted by atomic mass is 9.49. The molecule has 4 aliphatic carbocycles. The molecule has 2 atom stereocenters. The summed E-state index contributed by atoms with van der Waals surface area (Å²) < 4.78 is 0.378. The van der Waals surface area contributed by atoms with E-state index in [9.17, 15) is 0 Å². The molecule has 4 bridgehead atoms.